The van der Waals surface area contributed by atoms with Gasteiger partial charge in [-0.05, 0) is 23.3 Å². The van der Waals surface area contributed by atoms with Gasteiger partial charge in [-0.1, -0.05) is 48.5 Å². The van der Waals surface area contributed by atoms with E-state index in [9.17, 15) is 4.79 Å². The van der Waals surface area contributed by atoms with E-state index in [-0.39, 0.29) is 6.03 Å². The van der Waals surface area contributed by atoms with Gasteiger partial charge in [-0.25, -0.2) is 4.79 Å². The van der Waals surface area contributed by atoms with Gasteiger partial charge in [-0.3, -0.25) is 0 Å². The molecule has 2 rings (SSSR count). The van der Waals surface area contributed by atoms with Gasteiger partial charge < -0.3 is 15.1 Å². The van der Waals surface area contributed by atoms with Crippen LogP contribution in [0.2, 0.25) is 0 Å². The minimum atomic E-state index is -0.0876. The second-order valence-electron chi connectivity index (χ2n) is 5.87. The van der Waals surface area contributed by atoms with Gasteiger partial charge in [0.15, 0.2) is 0 Å². The number of carbonyl (C=O) groups is 1. The van der Waals surface area contributed by atoms with Crippen molar-refractivity contribution >= 4 is 11.7 Å². The Morgan fingerprint density at radius 2 is 1.71 bits per heavy atom. The third-order valence-electron chi connectivity index (χ3n) is 3.75. The molecule has 2 aromatic carbocycles. The summed E-state index contributed by atoms with van der Waals surface area (Å²) in [6, 6.07) is 18.0. The third-order valence-corrected chi connectivity index (χ3v) is 3.75. The van der Waals surface area contributed by atoms with Crippen LogP contribution in [0.15, 0.2) is 67.3 Å². The van der Waals surface area contributed by atoms with E-state index in [1.54, 1.807) is 11.0 Å². The molecule has 126 valence electrons. The van der Waals surface area contributed by atoms with Crippen molar-refractivity contribution in [3.63, 3.8) is 0 Å². The number of benzene rings is 2. The highest BCUT2D eigenvalue weighted by atomic mass is 16.2. The van der Waals surface area contributed by atoms with Crippen molar-refractivity contribution in [2.45, 2.75) is 13.1 Å². The number of nitrogens with zero attached hydrogens (tertiary/aromatic N) is 2. The van der Waals surface area contributed by atoms with E-state index in [4.69, 9.17) is 0 Å². The Balaban J connectivity index is 1.93. The quantitative estimate of drug-likeness (QED) is 0.790. The molecule has 0 saturated heterocycles. The molecule has 4 heteroatoms. The number of rotatable bonds is 7. The van der Waals surface area contributed by atoms with Crippen molar-refractivity contribution in [1.82, 2.24) is 10.2 Å². The maximum atomic E-state index is 12.4. The number of carbonyl (C=O) groups excluding carboxylic acids is 1. The third kappa shape index (κ3) is 5.16. The van der Waals surface area contributed by atoms with Crippen LogP contribution in [0.3, 0.4) is 0 Å². The lowest BCUT2D eigenvalue weighted by molar-refractivity contribution is 0.200. The Kier molecular flexibility index (Phi) is 6.43. The van der Waals surface area contributed by atoms with Crippen LogP contribution < -0.4 is 10.2 Å². The molecule has 2 amide bonds. The smallest absolute Gasteiger partial charge is 0.318 e. The van der Waals surface area contributed by atoms with Crippen LogP contribution >= 0.6 is 0 Å². The first-order chi connectivity index (χ1) is 11.6. The van der Waals surface area contributed by atoms with E-state index in [2.05, 4.69) is 11.9 Å². The van der Waals surface area contributed by atoms with Crippen LogP contribution in [-0.2, 0) is 13.1 Å². The van der Waals surface area contributed by atoms with Gasteiger partial charge in [0, 0.05) is 39.4 Å². The molecule has 0 aromatic heterocycles. The van der Waals surface area contributed by atoms with Gasteiger partial charge in [0.05, 0.1) is 0 Å². The van der Waals surface area contributed by atoms with E-state index in [1.807, 2.05) is 73.6 Å². The van der Waals surface area contributed by atoms with Gasteiger partial charge >= 0.3 is 6.03 Å². The van der Waals surface area contributed by atoms with Gasteiger partial charge in [-0.15, -0.1) is 6.58 Å². The first-order valence-electron chi connectivity index (χ1n) is 8.04. The first-order valence-corrected chi connectivity index (χ1v) is 8.04. The van der Waals surface area contributed by atoms with Crippen LogP contribution in [0.25, 0.3) is 0 Å². The second-order valence-corrected chi connectivity index (χ2v) is 5.87. The number of nitrogens with one attached hydrogen (secondary N) is 1. The lowest BCUT2D eigenvalue weighted by Crippen LogP contribution is -2.39. The fourth-order valence-electron chi connectivity index (χ4n) is 2.38. The predicted octanol–water partition coefficient (Wildman–Crippen LogP) is 3.65. The molecule has 0 aliphatic rings. The largest absolute Gasteiger partial charge is 0.378 e. The van der Waals surface area contributed by atoms with E-state index in [0.717, 1.165) is 16.8 Å². The molecule has 0 fully saturated rings. The molecular weight excluding hydrogens is 298 g/mol. The Morgan fingerprint density at radius 1 is 1.04 bits per heavy atom. The average Bonchev–Trinajstić information content (AvgIpc) is 2.60. The Labute approximate surface area is 144 Å². The predicted molar refractivity (Wildman–Crippen MR) is 100 cm³/mol. The zero-order valence-corrected chi connectivity index (χ0v) is 14.4. The monoisotopic (exact) mass is 323 g/mol. The van der Waals surface area contributed by atoms with E-state index in [0.29, 0.717) is 19.6 Å². The molecule has 0 heterocycles. The fraction of sp³-hybridized carbons (Fsp3) is 0.250. The van der Waals surface area contributed by atoms with Gasteiger partial charge in [-0.2, -0.15) is 0 Å². The summed E-state index contributed by atoms with van der Waals surface area (Å²) in [4.78, 5) is 16.2. The maximum absolute atomic E-state index is 12.4. The molecule has 1 N–H and O–H groups in total. The molecule has 0 aliphatic heterocycles. The van der Waals surface area contributed by atoms with Crippen molar-refractivity contribution in [3.05, 3.63) is 78.4 Å². The normalized spacial score (nSPS) is 10.1. The number of hydrogen-bond donors (Lipinski definition) is 1. The Hall–Kier alpha value is -2.75. The fourth-order valence-corrected chi connectivity index (χ4v) is 2.38. The minimum Gasteiger partial charge on any atom is -0.378 e. The maximum Gasteiger partial charge on any atom is 0.318 e. The average molecular weight is 323 g/mol. The highest BCUT2D eigenvalue weighted by molar-refractivity contribution is 5.74. The number of urea groups is 1. The van der Waals surface area contributed by atoms with Crippen molar-refractivity contribution in [1.29, 1.82) is 0 Å². The zero-order chi connectivity index (χ0) is 17.4. The summed E-state index contributed by atoms with van der Waals surface area (Å²) in [6.45, 7) is 5.33. The van der Waals surface area contributed by atoms with Gasteiger partial charge in [0.1, 0.15) is 0 Å². The Morgan fingerprint density at radius 3 is 2.29 bits per heavy atom. The van der Waals surface area contributed by atoms with Crippen molar-refractivity contribution < 1.29 is 4.79 Å². The van der Waals surface area contributed by atoms with E-state index < -0.39 is 0 Å². The van der Waals surface area contributed by atoms with Crippen molar-refractivity contribution in [2.24, 2.45) is 0 Å². The first kappa shape index (κ1) is 17.6. The highest BCUT2D eigenvalue weighted by Gasteiger charge is 2.12. The number of amides is 2. The summed E-state index contributed by atoms with van der Waals surface area (Å²) in [6.07, 6.45) is 1.74. The molecule has 0 unspecified atom stereocenters. The van der Waals surface area contributed by atoms with Crippen LogP contribution in [0, 0.1) is 0 Å². The van der Waals surface area contributed by atoms with Crippen molar-refractivity contribution in [3.8, 4) is 0 Å². The summed E-state index contributed by atoms with van der Waals surface area (Å²) < 4.78 is 0. The number of hydrogen-bond acceptors (Lipinski definition) is 2. The van der Waals surface area contributed by atoms with Crippen LogP contribution in [0.4, 0.5) is 10.5 Å². The highest BCUT2D eigenvalue weighted by Crippen LogP contribution is 2.12. The molecule has 24 heavy (non-hydrogen) atoms. The summed E-state index contributed by atoms with van der Waals surface area (Å²) in [5.74, 6) is 0. The standard InChI is InChI=1S/C20H25N3O/c1-4-14-23(16-18-8-6-5-7-9-18)20(24)21-15-17-10-12-19(13-11-17)22(2)3/h4-13H,1,14-16H2,2-3H3,(H,21,24). The zero-order valence-electron chi connectivity index (χ0n) is 14.4. The minimum absolute atomic E-state index is 0.0876. The lowest BCUT2D eigenvalue weighted by atomic mass is 10.2. The Bertz CT molecular complexity index is 650. The van der Waals surface area contributed by atoms with Gasteiger partial charge in [0.2, 0.25) is 0 Å². The molecular formula is C20H25N3O. The van der Waals surface area contributed by atoms with E-state index in [1.165, 1.54) is 0 Å². The molecule has 4 nitrogen and oxygen atoms in total. The van der Waals surface area contributed by atoms with E-state index >= 15 is 0 Å². The van der Waals surface area contributed by atoms with Crippen LogP contribution in [0.5, 0.6) is 0 Å². The summed E-state index contributed by atoms with van der Waals surface area (Å²) in [5.41, 5.74) is 3.32. The molecule has 0 saturated carbocycles. The molecule has 0 atom stereocenters. The molecule has 0 spiro atoms. The lowest BCUT2D eigenvalue weighted by Gasteiger charge is -2.22. The summed E-state index contributed by atoms with van der Waals surface area (Å²) in [5, 5.41) is 2.98. The summed E-state index contributed by atoms with van der Waals surface area (Å²) in [7, 11) is 4.01. The molecule has 0 aliphatic carbocycles. The van der Waals surface area contributed by atoms with Crippen molar-refractivity contribution in [2.75, 3.05) is 25.5 Å². The number of anilines is 1. The molecule has 2 aromatic rings. The van der Waals surface area contributed by atoms with Crippen LogP contribution in [0.1, 0.15) is 11.1 Å². The SMILES string of the molecule is C=CCN(Cc1ccccc1)C(=O)NCc1ccc(N(C)C)cc1. The summed E-state index contributed by atoms with van der Waals surface area (Å²) >= 11 is 0. The topological polar surface area (TPSA) is 35.6 Å². The van der Waals surface area contributed by atoms with Gasteiger partial charge in [0.25, 0.3) is 0 Å². The molecule has 0 bridgehead atoms. The second kappa shape index (κ2) is 8.77. The van der Waals surface area contributed by atoms with Crippen LogP contribution in [-0.4, -0.2) is 31.6 Å². The molecule has 0 radical (unpaired) electrons.